The van der Waals surface area contributed by atoms with Crippen molar-refractivity contribution in [3.05, 3.63) is 66.2 Å². The molecule has 158 valence electrons. The predicted molar refractivity (Wildman–Crippen MR) is 123 cm³/mol. The zero-order chi connectivity index (χ0) is 20.9. The SMILES string of the molecule is CO[C@@H]1C=C[C@]2(c3ccc4c(c3)OCO4)[C@H](C1)N(C)C[C@H]2[Si](C)(C)c1ccccc1. The molecule has 4 nitrogen and oxygen atoms in total. The fourth-order valence-corrected chi connectivity index (χ4v) is 9.90. The van der Waals surface area contributed by atoms with Crippen molar-refractivity contribution in [1.29, 1.82) is 0 Å². The van der Waals surface area contributed by atoms with Gasteiger partial charge in [-0.15, -0.1) is 0 Å². The molecule has 0 saturated carbocycles. The first-order valence-corrected chi connectivity index (χ1v) is 13.9. The highest BCUT2D eigenvalue weighted by Crippen LogP contribution is 2.56. The van der Waals surface area contributed by atoms with Gasteiger partial charge in [0.05, 0.1) is 14.2 Å². The van der Waals surface area contributed by atoms with E-state index >= 15 is 0 Å². The van der Waals surface area contributed by atoms with Crippen molar-refractivity contribution >= 4 is 13.3 Å². The third-order valence-electron chi connectivity index (χ3n) is 7.74. The molecule has 0 radical (unpaired) electrons. The summed E-state index contributed by atoms with van der Waals surface area (Å²) in [6.07, 6.45) is 5.94. The summed E-state index contributed by atoms with van der Waals surface area (Å²) in [6, 6.07) is 18.1. The summed E-state index contributed by atoms with van der Waals surface area (Å²) < 4.78 is 17.1. The molecule has 2 aliphatic heterocycles. The van der Waals surface area contributed by atoms with Gasteiger partial charge < -0.3 is 19.1 Å². The van der Waals surface area contributed by atoms with Gasteiger partial charge in [0, 0.05) is 25.1 Å². The zero-order valence-corrected chi connectivity index (χ0v) is 19.3. The molecule has 2 aromatic carbocycles. The van der Waals surface area contributed by atoms with Crippen LogP contribution in [0.3, 0.4) is 0 Å². The highest BCUT2D eigenvalue weighted by molar-refractivity contribution is 6.91. The Labute approximate surface area is 180 Å². The van der Waals surface area contributed by atoms with Gasteiger partial charge in [0.25, 0.3) is 0 Å². The number of benzene rings is 2. The molecule has 0 amide bonds. The first-order valence-electron chi connectivity index (χ1n) is 10.8. The summed E-state index contributed by atoms with van der Waals surface area (Å²) in [4.78, 5) is 2.57. The normalized spacial score (nSPS) is 30.5. The second kappa shape index (κ2) is 7.26. The largest absolute Gasteiger partial charge is 0.454 e. The minimum absolute atomic E-state index is 0.0592. The molecule has 0 aromatic heterocycles. The molecule has 5 heteroatoms. The minimum Gasteiger partial charge on any atom is -0.454 e. The third kappa shape index (κ3) is 2.87. The molecule has 0 spiro atoms. The van der Waals surface area contributed by atoms with Crippen LogP contribution in [0.2, 0.25) is 18.6 Å². The molecule has 5 rings (SSSR count). The highest BCUT2D eigenvalue weighted by Gasteiger charge is 2.59. The van der Waals surface area contributed by atoms with Gasteiger partial charge in [-0.1, -0.05) is 66.8 Å². The predicted octanol–water partition coefficient (Wildman–Crippen LogP) is 3.93. The number of methoxy groups -OCH3 is 1. The molecule has 0 unspecified atom stereocenters. The highest BCUT2D eigenvalue weighted by atomic mass is 28.3. The number of hydrogen-bond acceptors (Lipinski definition) is 4. The van der Waals surface area contributed by atoms with Gasteiger partial charge in [-0.05, 0) is 36.7 Å². The molecule has 1 aliphatic carbocycles. The Kier molecular flexibility index (Phi) is 4.80. The minimum atomic E-state index is -1.82. The molecule has 2 aromatic rings. The van der Waals surface area contributed by atoms with E-state index < -0.39 is 8.07 Å². The summed E-state index contributed by atoms with van der Waals surface area (Å²) in [5.74, 6) is 1.72. The molecule has 1 fully saturated rings. The van der Waals surface area contributed by atoms with E-state index in [4.69, 9.17) is 14.2 Å². The average molecular weight is 422 g/mol. The Morgan fingerprint density at radius 1 is 1.07 bits per heavy atom. The van der Waals surface area contributed by atoms with Gasteiger partial charge in [0.15, 0.2) is 11.5 Å². The Hall–Kier alpha value is -2.08. The first-order chi connectivity index (χ1) is 14.5. The Morgan fingerprint density at radius 3 is 2.60 bits per heavy atom. The number of nitrogens with zero attached hydrogens (tertiary/aromatic N) is 1. The van der Waals surface area contributed by atoms with Crippen molar-refractivity contribution in [2.45, 2.75) is 42.6 Å². The molecule has 2 heterocycles. The van der Waals surface area contributed by atoms with Crippen LogP contribution in [0, 0.1) is 0 Å². The topological polar surface area (TPSA) is 30.9 Å². The maximum absolute atomic E-state index is 5.78. The quantitative estimate of drug-likeness (QED) is 0.553. The van der Waals surface area contributed by atoms with Crippen molar-refractivity contribution in [3.8, 4) is 11.5 Å². The summed E-state index contributed by atoms with van der Waals surface area (Å²) in [7, 11) is 2.29. The van der Waals surface area contributed by atoms with Gasteiger partial charge in [0.2, 0.25) is 6.79 Å². The number of likely N-dealkylation sites (tertiary alicyclic amines) is 1. The number of hydrogen-bond donors (Lipinski definition) is 0. The molecular formula is C25H31NO3Si. The fraction of sp³-hybridized carbons (Fsp3) is 0.440. The lowest BCUT2D eigenvalue weighted by atomic mass is 9.69. The third-order valence-corrected chi connectivity index (χ3v) is 12.0. The molecule has 1 saturated heterocycles. The van der Waals surface area contributed by atoms with Crippen LogP contribution in [-0.2, 0) is 10.2 Å². The van der Waals surface area contributed by atoms with Gasteiger partial charge in [0.1, 0.15) is 0 Å². The number of ether oxygens (including phenoxy) is 3. The molecular weight excluding hydrogens is 390 g/mol. The summed E-state index contributed by atoms with van der Waals surface area (Å²) in [5, 5.41) is 1.52. The fourth-order valence-electron chi connectivity index (χ4n) is 6.06. The van der Waals surface area contributed by atoms with E-state index in [0.29, 0.717) is 18.4 Å². The van der Waals surface area contributed by atoms with Crippen LogP contribution in [0.1, 0.15) is 12.0 Å². The van der Waals surface area contributed by atoms with E-state index in [2.05, 4.69) is 85.7 Å². The average Bonchev–Trinajstić information content (AvgIpc) is 3.36. The monoisotopic (exact) mass is 421 g/mol. The summed E-state index contributed by atoms with van der Waals surface area (Å²) in [6.45, 7) is 6.47. The van der Waals surface area contributed by atoms with Crippen LogP contribution < -0.4 is 14.7 Å². The second-order valence-corrected chi connectivity index (χ2v) is 14.2. The van der Waals surface area contributed by atoms with Crippen LogP contribution in [-0.4, -0.2) is 52.6 Å². The number of likely N-dealkylation sites (N-methyl/N-ethyl adjacent to an activating group) is 1. The molecule has 0 N–H and O–H groups in total. The van der Waals surface area contributed by atoms with Crippen LogP contribution >= 0.6 is 0 Å². The second-order valence-electron chi connectivity index (χ2n) is 9.47. The Bertz CT molecular complexity index is 960. The maximum Gasteiger partial charge on any atom is 0.231 e. The van der Waals surface area contributed by atoms with Crippen LogP contribution in [0.15, 0.2) is 60.7 Å². The number of rotatable bonds is 4. The molecule has 0 bridgehead atoms. The molecule has 3 aliphatic rings. The van der Waals surface area contributed by atoms with E-state index in [1.165, 1.54) is 10.8 Å². The lowest BCUT2D eigenvalue weighted by molar-refractivity contribution is 0.0899. The van der Waals surface area contributed by atoms with Crippen molar-refractivity contribution < 1.29 is 14.2 Å². The van der Waals surface area contributed by atoms with Gasteiger partial charge in [-0.2, -0.15) is 0 Å². The molecule has 4 atom stereocenters. The van der Waals surface area contributed by atoms with Gasteiger partial charge in [-0.3, -0.25) is 0 Å². The van der Waals surface area contributed by atoms with Crippen LogP contribution in [0.25, 0.3) is 0 Å². The smallest absolute Gasteiger partial charge is 0.231 e. The summed E-state index contributed by atoms with van der Waals surface area (Å²) in [5.41, 5.74) is 1.82. The van der Waals surface area contributed by atoms with Crippen LogP contribution in [0.5, 0.6) is 11.5 Å². The summed E-state index contributed by atoms with van der Waals surface area (Å²) >= 11 is 0. The first kappa shape index (κ1) is 19.9. The Morgan fingerprint density at radius 2 is 1.83 bits per heavy atom. The van der Waals surface area contributed by atoms with E-state index in [-0.39, 0.29) is 11.5 Å². The van der Waals surface area contributed by atoms with Crippen molar-refractivity contribution in [2.24, 2.45) is 0 Å². The van der Waals surface area contributed by atoms with E-state index in [0.717, 1.165) is 24.5 Å². The van der Waals surface area contributed by atoms with Crippen molar-refractivity contribution in [1.82, 2.24) is 4.90 Å². The lowest BCUT2D eigenvalue weighted by Crippen LogP contribution is -2.55. The van der Waals surface area contributed by atoms with E-state index in [1.54, 1.807) is 0 Å². The number of fused-ring (bicyclic) bond motifs is 2. The lowest BCUT2D eigenvalue weighted by Gasteiger charge is -2.47. The van der Waals surface area contributed by atoms with E-state index in [9.17, 15) is 0 Å². The molecule has 30 heavy (non-hydrogen) atoms. The standard InChI is InChI=1S/C25H31NO3Si/c1-26-16-24(30(3,4)20-8-6-5-7-9-20)25(13-12-19(27-2)15-23(25)26)18-10-11-21-22(14-18)29-17-28-21/h5-14,19,23-24H,15-17H2,1-4H3/t19-,23+,24-,25+/m1/s1. The zero-order valence-electron chi connectivity index (χ0n) is 18.3. The van der Waals surface area contributed by atoms with Gasteiger partial charge in [-0.25, -0.2) is 0 Å². The maximum atomic E-state index is 5.78. The van der Waals surface area contributed by atoms with E-state index in [1.807, 2.05) is 7.11 Å². The van der Waals surface area contributed by atoms with Crippen molar-refractivity contribution in [2.75, 3.05) is 27.5 Å². The van der Waals surface area contributed by atoms with Crippen LogP contribution in [0.4, 0.5) is 0 Å². The Balaban J connectivity index is 1.69. The van der Waals surface area contributed by atoms with Crippen molar-refractivity contribution in [3.63, 3.8) is 0 Å². The van der Waals surface area contributed by atoms with Gasteiger partial charge >= 0.3 is 0 Å².